The summed E-state index contributed by atoms with van der Waals surface area (Å²) in [5.74, 6) is -1.47. The van der Waals surface area contributed by atoms with Gasteiger partial charge in [-0.05, 0) is 18.1 Å². The van der Waals surface area contributed by atoms with Crippen molar-refractivity contribution < 1.29 is 18.6 Å². The van der Waals surface area contributed by atoms with Gasteiger partial charge in [-0.2, -0.15) is 0 Å². The lowest BCUT2D eigenvalue weighted by atomic mass is 10.0. The Morgan fingerprint density at radius 3 is 2.55 bits per heavy atom. The SMILES string of the molecule is COc1ccc(CC(O)c2ccc(C)c(F)c2F)cn1. The zero-order chi connectivity index (χ0) is 14.7. The van der Waals surface area contributed by atoms with E-state index in [1.54, 1.807) is 12.1 Å². The van der Waals surface area contributed by atoms with Crippen LogP contribution in [0.5, 0.6) is 5.88 Å². The molecule has 20 heavy (non-hydrogen) atoms. The lowest BCUT2D eigenvalue weighted by molar-refractivity contribution is 0.172. The Morgan fingerprint density at radius 2 is 1.95 bits per heavy atom. The van der Waals surface area contributed by atoms with E-state index < -0.39 is 17.7 Å². The molecule has 1 N–H and O–H groups in total. The first-order chi connectivity index (χ1) is 9.52. The zero-order valence-electron chi connectivity index (χ0n) is 11.2. The van der Waals surface area contributed by atoms with Crippen molar-refractivity contribution in [1.29, 1.82) is 0 Å². The zero-order valence-corrected chi connectivity index (χ0v) is 11.2. The minimum absolute atomic E-state index is 0.0519. The van der Waals surface area contributed by atoms with Gasteiger partial charge in [0, 0.05) is 24.2 Å². The molecule has 1 atom stereocenters. The molecule has 0 spiro atoms. The van der Waals surface area contributed by atoms with Gasteiger partial charge in [-0.3, -0.25) is 0 Å². The number of methoxy groups -OCH3 is 1. The average molecular weight is 279 g/mol. The average Bonchev–Trinajstić information content (AvgIpc) is 2.45. The highest BCUT2D eigenvalue weighted by atomic mass is 19.2. The number of halogens is 2. The van der Waals surface area contributed by atoms with Gasteiger partial charge in [-0.15, -0.1) is 0 Å². The van der Waals surface area contributed by atoms with E-state index in [2.05, 4.69) is 4.98 Å². The van der Waals surface area contributed by atoms with E-state index in [0.29, 0.717) is 11.4 Å². The molecule has 0 aliphatic rings. The quantitative estimate of drug-likeness (QED) is 0.935. The van der Waals surface area contributed by atoms with Gasteiger partial charge < -0.3 is 9.84 Å². The molecule has 0 amide bonds. The van der Waals surface area contributed by atoms with Crippen molar-refractivity contribution in [2.24, 2.45) is 0 Å². The highest BCUT2D eigenvalue weighted by Gasteiger charge is 2.18. The summed E-state index contributed by atoms with van der Waals surface area (Å²) >= 11 is 0. The van der Waals surface area contributed by atoms with Crippen molar-refractivity contribution in [2.45, 2.75) is 19.4 Å². The number of hydrogen-bond donors (Lipinski definition) is 1. The number of aliphatic hydroxyl groups excluding tert-OH is 1. The molecule has 1 aromatic carbocycles. The van der Waals surface area contributed by atoms with Crippen LogP contribution in [-0.4, -0.2) is 17.2 Å². The van der Waals surface area contributed by atoms with E-state index in [4.69, 9.17) is 4.74 Å². The summed E-state index contributed by atoms with van der Waals surface area (Å²) in [6.45, 7) is 1.47. The summed E-state index contributed by atoms with van der Waals surface area (Å²) in [5, 5.41) is 10.0. The number of aryl methyl sites for hydroxylation is 1. The Bertz CT molecular complexity index is 600. The summed E-state index contributed by atoms with van der Waals surface area (Å²) in [6, 6.07) is 6.21. The van der Waals surface area contributed by atoms with Crippen molar-refractivity contribution in [3.8, 4) is 5.88 Å². The number of aliphatic hydroxyl groups is 1. The fraction of sp³-hybridized carbons (Fsp3) is 0.267. The third-order valence-electron chi connectivity index (χ3n) is 3.10. The molecular weight excluding hydrogens is 264 g/mol. The molecule has 5 heteroatoms. The second-order valence-corrected chi connectivity index (χ2v) is 4.53. The molecule has 0 aliphatic heterocycles. The number of hydrogen-bond acceptors (Lipinski definition) is 3. The lowest BCUT2D eigenvalue weighted by Crippen LogP contribution is -2.07. The van der Waals surface area contributed by atoms with Gasteiger partial charge in [0.2, 0.25) is 5.88 Å². The monoisotopic (exact) mass is 279 g/mol. The molecule has 0 aliphatic carbocycles. The molecular formula is C15H15F2NO2. The summed E-state index contributed by atoms with van der Waals surface area (Å²) in [4.78, 5) is 4.00. The number of rotatable bonds is 4. The Kier molecular flexibility index (Phi) is 4.29. The first kappa shape index (κ1) is 14.4. The molecule has 2 rings (SSSR count). The van der Waals surface area contributed by atoms with E-state index in [0.717, 1.165) is 0 Å². The fourth-order valence-corrected chi connectivity index (χ4v) is 1.90. The third kappa shape index (κ3) is 2.93. The first-order valence-electron chi connectivity index (χ1n) is 6.14. The summed E-state index contributed by atoms with van der Waals surface area (Å²) in [5.41, 5.74) is 0.868. The van der Waals surface area contributed by atoms with E-state index in [1.165, 1.54) is 32.4 Å². The summed E-state index contributed by atoms with van der Waals surface area (Å²) in [6.07, 6.45) is 0.557. The van der Waals surface area contributed by atoms with Crippen LogP contribution in [0.25, 0.3) is 0 Å². The van der Waals surface area contributed by atoms with E-state index >= 15 is 0 Å². The molecule has 0 radical (unpaired) electrons. The standard InChI is InChI=1S/C15H15F2NO2/c1-9-3-5-11(15(17)14(9)16)12(19)7-10-4-6-13(20-2)18-8-10/h3-6,8,12,19H,7H2,1-2H3. The number of pyridine rings is 1. The first-order valence-corrected chi connectivity index (χ1v) is 6.14. The Hall–Kier alpha value is -2.01. The van der Waals surface area contributed by atoms with Crippen LogP contribution < -0.4 is 4.74 Å². The predicted molar refractivity (Wildman–Crippen MR) is 70.5 cm³/mol. The van der Waals surface area contributed by atoms with Crippen molar-refractivity contribution in [3.63, 3.8) is 0 Å². The minimum Gasteiger partial charge on any atom is -0.481 e. The molecule has 2 aromatic rings. The lowest BCUT2D eigenvalue weighted by Gasteiger charge is -2.13. The summed E-state index contributed by atoms with van der Waals surface area (Å²) < 4.78 is 32.2. The van der Waals surface area contributed by atoms with Crippen LogP contribution >= 0.6 is 0 Å². The molecule has 0 bridgehead atoms. The van der Waals surface area contributed by atoms with Gasteiger partial charge in [0.15, 0.2) is 11.6 Å². The van der Waals surface area contributed by atoms with E-state index in [9.17, 15) is 13.9 Å². The molecule has 106 valence electrons. The second-order valence-electron chi connectivity index (χ2n) is 4.53. The maximum atomic E-state index is 13.8. The second kappa shape index (κ2) is 5.96. The Labute approximate surface area is 115 Å². The van der Waals surface area contributed by atoms with Crippen molar-refractivity contribution in [1.82, 2.24) is 4.98 Å². The van der Waals surface area contributed by atoms with Crippen molar-refractivity contribution >= 4 is 0 Å². The van der Waals surface area contributed by atoms with Gasteiger partial charge in [0.1, 0.15) is 0 Å². The summed E-state index contributed by atoms with van der Waals surface area (Å²) in [7, 11) is 1.50. The maximum absolute atomic E-state index is 13.8. The van der Waals surface area contributed by atoms with Crippen molar-refractivity contribution in [2.75, 3.05) is 7.11 Å². The number of nitrogens with zero attached hydrogens (tertiary/aromatic N) is 1. The molecule has 1 aromatic heterocycles. The Morgan fingerprint density at radius 1 is 1.20 bits per heavy atom. The molecule has 0 saturated carbocycles. The number of benzene rings is 1. The fourth-order valence-electron chi connectivity index (χ4n) is 1.90. The highest BCUT2D eigenvalue weighted by Crippen LogP contribution is 2.24. The minimum atomic E-state index is -1.12. The van der Waals surface area contributed by atoms with Crippen LogP contribution in [0.2, 0.25) is 0 Å². The van der Waals surface area contributed by atoms with Crippen LogP contribution in [-0.2, 0) is 6.42 Å². The van der Waals surface area contributed by atoms with E-state index in [-0.39, 0.29) is 17.5 Å². The smallest absolute Gasteiger partial charge is 0.212 e. The van der Waals surface area contributed by atoms with Gasteiger partial charge in [-0.1, -0.05) is 18.2 Å². The van der Waals surface area contributed by atoms with Gasteiger partial charge in [0.05, 0.1) is 13.2 Å². The maximum Gasteiger partial charge on any atom is 0.212 e. The van der Waals surface area contributed by atoms with Crippen molar-refractivity contribution in [3.05, 3.63) is 58.8 Å². The molecule has 1 heterocycles. The van der Waals surface area contributed by atoms with Crippen LogP contribution in [0.15, 0.2) is 30.5 Å². The van der Waals surface area contributed by atoms with Gasteiger partial charge >= 0.3 is 0 Å². The Balaban J connectivity index is 2.19. The normalized spacial score (nSPS) is 12.2. The highest BCUT2D eigenvalue weighted by molar-refractivity contribution is 5.28. The number of aromatic nitrogens is 1. The van der Waals surface area contributed by atoms with Crippen LogP contribution in [0.1, 0.15) is 22.8 Å². The van der Waals surface area contributed by atoms with Crippen LogP contribution in [0.3, 0.4) is 0 Å². The van der Waals surface area contributed by atoms with Gasteiger partial charge in [0.25, 0.3) is 0 Å². The van der Waals surface area contributed by atoms with Crippen LogP contribution in [0, 0.1) is 18.6 Å². The van der Waals surface area contributed by atoms with Gasteiger partial charge in [-0.25, -0.2) is 13.8 Å². The molecule has 0 fully saturated rings. The third-order valence-corrected chi connectivity index (χ3v) is 3.10. The molecule has 0 saturated heterocycles. The predicted octanol–water partition coefficient (Wildman–Crippen LogP) is 2.95. The molecule has 1 unspecified atom stereocenters. The van der Waals surface area contributed by atoms with E-state index in [1.807, 2.05) is 0 Å². The molecule has 3 nitrogen and oxygen atoms in total. The number of ether oxygens (including phenoxy) is 1. The largest absolute Gasteiger partial charge is 0.481 e. The van der Waals surface area contributed by atoms with Crippen LogP contribution in [0.4, 0.5) is 8.78 Å². The topological polar surface area (TPSA) is 42.4 Å².